The van der Waals surface area contributed by atoms with Gasteiger partial charge in [-0.15, -0.1) is 0 Å². The number of esters is 1. The lowest BCUT2D eigenvalue weighted by atomic mass is 10.1. The number of nitriles is 1. The summed E-state index contributed by atoms with van der Waals surface area (Å²) < 4.78 is 4.81. The number of aromatic nitrogens is 2. The van der Waals surface area contributed by atoms with E-state index in [-0.39, 0.29) is 29.7 Å². The fourth-order valence-electron chi connectivity index (χ4n) is 3.48. The van der Waals surface area contributed by atoms with Crippen molar-refractivity contribution in [2.24, 2.45) is 4.99 Å². The molecule has 1 aliphatic rings. The number of aryl methyl sites for hydroxylation is 1. The smallest absolute Gasteiger partial charge is 0.324 e. The van der Waals surface area contributed by atoms with E-state index in [4.69, 9.17) is 10.00 Å². The summed E-state index contributed by atoms with van der Waals surface area (Å²) in [6, 6.07) is 8.03. The maximum Gasteiger partial charge on any atom is 0.324 e. The van der Waals surface area contributed by atoms with Crippen LogP contribution in [0.5, 0.6) is 0 Å². The van der Waals surface area contributed by atoms with Gasteiger partial charge in [0.25, 0.3) is 5.91 Å². The average molecular weight is 463 g/mol. The van der Waals surface area contributed by atoms with Gasteiger partial charge in [-0.05, 0) is 37.4 Å². The van der Waals surface area contributed by atoms with Gasteiger partial charge in [0.2, 0.25) is 0 Å². The first-order valence-corrected chi connectivity index (χ1v) is 10.4. The van der Waals surface area contributed by atoms with Crippen molar-refractivity contribution in [3.8, 4) is 6.07 Å². The van der Waals surface area contributed by atoms with E-state index in [1.54, 1.807) is 31.2 Å². The molecule has 2 aromatic rings. The molecule has 11 nitrogen and oxygen atoms in total. The van der Waals surface area contributed by atoms with Crippen LogP contribution in [0.3, 0.4) is 0 Å². The van der Waals surface area contributed by atoms with E-state index in [2.05, 4.69) is 32.3 Å². The van der Waals surface area contributed by atoms with Crippen molar-refractivity contribution in [2.45, 2.75) is 19.5 Å². The molecule has 1 atom stereocenters. The summed E-state index contributed by atoms with van der Waals surface area (Å²) in [5.41, 5.74) is 1.52. The number of rotatable bonds is 7. The number of nitrogens with one attached hydrogen (secondary N) is 2. The lowest BCUT2D eigenvalue weighted by Gasteiger charge is -2.33. The number of anilines is 1. The topological polar surface area (TPSA) is 153 Å². The molecule has 34 heavy (non-hydrogen) atoms. The summed E-state index contributed by atoms with van der Waals surface area (Å²) in [5.74, 6) is -0.684. The second-order valence-corrected chi connectivity index (χ2v) is 7.48. The number of pyridine rings is 2. The van der Waals surface area contributed by atoms with E-state index in [0.29, 0.717) is 42.3 Å². The van der Waals surface area contributed by atoms with Crippen molar-refractivity contribution in [1.82, 2.24) is 20.6 Å². The molecule has 2 aromatic heterocycles. The standard InChI is InChI=1S/C23H25N7O4/c1-14-17(6-7-19(29-14)30-9-8-26-18(13-30)23(33)34-3)21(31)20(25-2)22(32)28-12-15-4-5-16(10-24)27-11-15/h4-7,11,18,26,31H,2,8-9,12-13H2,1,3H3,(H,28,32)/b21-20+/t18-/m1/s1. The minimum atomic E-state index is -0.622. The number of piperazine rings is 1. The number of methoxy groups -OCH3 is 1. The molecule has 1 aliphatic heterocycles. The van der Waals surface area contributed by atoms with Crippen LogP contribution in [0.2, 0.25) is 0 Å². The minimum Gasteiger partial charge on any atom is -0.505 e. The zero-order valence-electron chi connectivity index (χ0n) is 18.9. The predicted octanol–water partition coefficient (Wildman–Crippen LogP) is 0.851. The summed E-state index contributed by atoms with van der Waals surface area (Å²) in [7, 11) is 1.35. The number of carbonyl (C=O) groups excluding carboxylic acids is 2. The van der Waals surface area contributed by atoms with Crippen molar-refractivity contribution in [3.05, 3.63) is 58.7 Å². The maximum atomic E-state index is 12.6. The maximum absolute atomic E-state index is 12.6. The van der Waals surface area contributed by atoms with Gasteiger partial charge in [-0.25, -0.2) is 9.97 Å². The van der Waals surface area contributed by atoms with Gasteiger partial charge in [0.05, 0.1) is 12.8 Å². The van der Waals surface area contributed by atoms with Crippen LogP contribution in [-0.4, -0.2) is 66.5 Å². The monoisotopic (exact) mass is 463 g/mol. The van der Waals surface area contributed by atoms with Crippen LogP contribution in [0.25, 0.3) is 5.76 Å². The van der Waals surface area contributed by atoms with Gasteiger partial charge in [-0.2, -0.15) is 5.26 Å². The average Bonchev–Trinajstić information content (AvgIpc) is 2.87. The van der Waals surface area contributed by atoms with Gasteiger partial charge in [0.1, 0.15) is 23.6 Å². The molecular formula is C23H25N7O4. The molecule has 3 rings (SSSR count). The third-order valence-electron chi connectivity index (χ3n) is 5.30. The number of amides is 1. The molecule has 0 saturated carbocycles. The minimum absolute atomic E-state index is 0.129. The van der Waals surface area contributed by atoms with Crippen LogP contribution < -0.4 is 15.5 Å². The van der Waals surface area contributed by atoms with E-state index in [9.17, 15) is 14.7 Å². The Labute approximate surface area is 196 Å². The van der Waals surface area contributed by atoms with Crippen molar-refractivity contribution in [3.63, 3.8) is 0 Å². The van der Waals surface area contributed by atoms with Gasteiger partial charge >= 0.3 is 5.97 Å². The van der Waals surface area contributed by atoms with Gasteiger partial charge in [0.15, 0.2) is 11.5 Å². The zero-order valence-corrected chi connectivity index (χ0v) is 18.9. The SMILES string of the molecule is C=N/C(C(=O)NCc1ccc(C#N)nc1)=C(/O)c1ccc(N2CCN[C@@H](C(=O)OC)C2)nc1C. The highest BCUT2D eigenvalue weighted by atomic mass is 16.5. The Bertz CT molecular complexity index is 1150. The lowest BCUT2D eigenvalue weighted by Crippen LogP contribution is -2.54. The van der Waals surface area contributed by atoms with E-state index < -0.39 is 11.9 Å². The van der Waals surface area contributed by atoms with Crippen molar-refractivity contribution in [1.29, 1.82) is 5.26 Å². The lowest BCUT2D eigenvalue weighted by molar-refractivity contribution is -0.143. The molecule has 0 radical (unpaired) electrons. The number of ether oxygens (including phenoxy) is 1. The molecule has 0 bridgehead atoms. The van der Waals surface area contributed by atoms with E-state index >= 15 is 0 Å². The van der Waals surface area contributed by atoms with Gasteiger partial charge in [-0.1, -0.05) is 6.07 Å². The number of nitrogens with zero attached hydrogens (tertiary/aromatic N) is 5. The Morgan fingerprint density at radius 1 is 1.41 bits per heavy atom. The Kier molecular flexibility index (Phi) is 7.89. The zero-order chi connectivity index (χ0) is 24.7. The molecule has 3 heterocycles. The van der Waals surface area contributed by atoms with E-state index in [1.807, 2.05) is 11.0 Å². The van der Waals surface area contributed by atoms with Crippen molar-refractivity contribution in [2.75, 3.05) is 31.6 Å². The van der Waals surface area contributed by atoms with E-state index in [0.717, 1.165) is 0 Å². The first-order chi connectivity index (χ1) is 16.4. The highest BCUT2D eigenvalue weighted by Crippen LogP contribution is 2.23. The summed E-state index contributed by atoms with van der Waals surface area (Å²) in [4.78, 5) is 38.6. The normalized spacial score (nSPS) is 16.1. The van der Waals surface area contributed by atoms with Gasteiger partial charge < -0.3 is 25.4 Å². The second-order valence-electron chi connectivity index (χ2n) is 7.48. The van der Waals surface area contributed by atoms with Crippen molar-refractivity contribution >= 4 is 30.2 Å². The Morgan fingerprint density at radius 3 is 2.82 bits per heavy atom. The molecular weight excluding hydrogens is 438 g/mol. The number of aliphatic hydroxyl groups is 1. The Hall–Kier alpha value is -4.30. The van der Waals surface area contributed by atoms with Gasteiger partial charge in [0, 0.05) is 37.9 Å². The molecule has 1 fully saturated rings. The summed E-state index contributed by atoms with van der Waals surface area (Å²) in [5, 5.41) is 25.3. The summed E-state index contributed by atoms with van der Waals surface area (Å²) in [6.45, 7) is 6.87. The largest absolute Gasteiger partial charge is 0.505 e. The fourth-order valence-corrected chi connectivity index (χ4v) is 3.48. The molecule has 0 aliphatic carbocycles. The highest BCUT2D eigenvalue weighted by molar-refractivity contribution is 6.00. The van der Waals surface area contributed by atoms with Crippen LogP contribution in [0, 0.1) is 18.3 Å². The molecule has 3 N–H and O–H groups in total. The molecule has 0 aromatic carbocycles. The Morgan fingerprint density at radius 2 is 2.21 bits per heavy atom. The third kappa shape index (κ3) is 5.54. The highest BCUT2D eigenvalue weighted by Gasteiger charge is 2.27. The van der Waals surface area contributed by atoms with Crippen LogP contribution >= 0.6 is 0 Å². The molecule has 0 unspecified atom stereocenters. The molecule has 0 spiro atoms. The first-order valence-electron chi connectivity index (χ1n) is 10.4. The predicted molar refractivity (Wildman–Crippen MR) is 125 cm³/mol. The molecule has 176 valence electrons. The van der Waals surface area contributed by atoms with Crippen LogP contribution in [-0.2, 0) is 20.9 Å². The number of aliphatic imine (C=N–C) groups is 1. The summed E-state index contributed by atoms with van der Waals surface area (Å²) >= 11 is 0. The second kappa shape index (κ2) is 11.0. The van der Waals surface area contributed by atoms with Gasteiger partial charge in [-0.3, -0.25) is 14.6 Å². The van der Waals surface area contributed by atoms with E-state index in [1.165, 1.54) is 13.3 Å². The number of hydrogen-bond donors (Lipinski definition) is 3. The van der Waals surface area contributed by atoms with Crippen molar-refractivity contribution < 1.29 is 19.4 Å². The fraction of sp³-hybridized carbons (Fsp3) is 0.304. The van der Waals surface area contributed by atoms with Crippen LogP contribution in [0.15, 0.2) is 41.2 Å². The molecule has 1 saturated heterocycles. The Balaban J connectivity index is 1.75. The third-order valence-corrected chi connectivity index (χ3v) is 5.30. The molecule has 1 amide bonds. The van der Waals surface area contributed by atoms with Crippen LogP contribution in [0.4, 0.5) is 5.82 Å². The first kappa shape index (κ1) is 24.3. The number of carbonyl (C=O) groups is 2. The number of hydrogen-bond acceptors (Lipinski definition) is 10. The molecule has 11 heteroatoms. The number of aliphatic hydroxyl groups excluding tert-OH is 1. The van der Waals surface area contributed by atoms with Crippen LogP contribution in [0.1, 0.15) is 22.5 Å². The quantitative estimate of drug-likeness (QED) is 0.235. The summed E-state index contributed by atoms with van der Waals surface area (Å²) in [6.07, 6.45) is 1.48.